The lowest BCUT2D eigenvalue weighted by molar-refractivity contribution is 0.0420. The van der Waals surface area contributed by atoms with Crippen molar-refractivity contribution in [3.63, 3.8) is 0 Å². The monoisotopic (exact) mass is 376 g/mol. The van der Waals surface area contributed by atoms with Gasteiger partial charge in [0.25, 0.3) is 5.91 Å². The maximum atomic E-state index is 13.0. The molecule has 148 valence electrons. The molecule has 27 heavy (non-hydrogen) atoms. The van der Waals surface area contributed by atoms with Crippen LogP contribution in [0.15, 0.2) is 18.2 Å². The summed E-state index contributed by atoms with van der Waals surface area (Å²) in [7, 11) is 3.25. The molecule has 1 aromatic carbocycles. The van der Waals surface area contributed by atoms with E-state index in [-0.39, 0.29) is 18.6 Å². The number of amides is 1. The molecule has 3 rings (SSSR count). The SMILES string of the molecule is COC(=O)c1cc(OCC2CCC2)cc(C(=O)N2CCN(C)C(CO)C2)c1. The summed E-state index contributed by atoms with van der Waals surface area (Å²) in [6.07, 6.45) is 3.55. The van der Waals surface area contributed by atoms with Crippen molar-refractivity contribution in [2.75, 3.05) is 47.0 Å². The highest BCUT2D eigenvalue weighted by Gasteiger charge is 2.28. The van der Waals surface area contributed by atoms with E-state index in [0.29, 0.717) is 49.0 Å². The number of nitrogens with zero attached hydrogens (tertiary/aromatic N) is 2. The number of hydrogen-bond acceptors (Lipinski definition) is 6. The number of esters is 1. The smallest absolute Gasteiger partial charge is 0.338 e. The van der Waals surface area contributed by atoms with Gasteiger partial charge in [0.1, 0.15) is 5.75 Å². The fourth-order valence-corrected chi connectivity index (χ4v) is 3.43. The second kappa shape index (κ2) is 8.71. The molecule has 7 nitrogen and oxygen atoms in total. The van der Waals surface area contributed by atoms with Crippen molar-refractivity contribution in [2.24, 2.45) is 5.92 Å². The van der Waals surface area contributed by atoms with Crippen molar-refractivity contribution in [1.82, 2.24) is 9.80 Å². The highest BCUT2D eigenvalue weighted by atomic mass is 16.5. The van der Waals surface area contributed by atoms with E-state index in [2.05, 4.69) is 0 Å². The van der Waals surface area contributed by atoms with Crippen LogP contribution in [-0.2, 0) is 4.74 Å². The number of methoxy groups -OCH3 is 1. The summed E-state index contributed by atoms with van der Waals surface area (Å²) in [5.41, 5.74) is 0.711. The Morgan fingerprint density at radius 2 is 1.93 bits per heavy atom. The van der Waals surface area contributed by atoms with Crippen molar-refractivity contribution in [2.45, 2.75) is 25.3 Å². The molecule has 1 aromatic rings. The van der Waals surface area contributed by atoms with E-state index < -0.39 is 5.97 Å². The van der Waals surface area contributed by atoms with Crippen molar-refractivity contribution >= 4 is 11.9 Å². The van der Waals surface area contributed by atoms with Gasteiger partial charge in [-0.25, -0.2) is 4.79 Å². The number of aliphatic hydroxyl groups excluding tert-OH is 1. The molecular formula is C20H28N2O5. The Morgan fingerprint density at radius 1 is 1.19 bits per heavy atom. The van der Waals surface area contributed by atoms with E-state index in [1.54, 1.807) is 23.1 Å². The summed E-state index contributed by atoms with van der Waals surface area (Å²) in [6.45, 7) is 2.31. The fourth-order valence-electron chi connectivity index (χ4n) is 3.43. The van der Waals surface area contributed by atoms with Crippen LogP contribution in [0.2, 0.25) is 0 Å². The normalized spacial score (nSPS) is 20.9. The van der Waals surface area contributed by atoms with Crippen molar-refractivity contribution in [1.29, 1.82) is 0 Å². The average Bonchev–Trinajstić information content (AvgIpc) is 2.65. The number of piperazine rings is 1. The van der Waals surface area contributed by atoms with Gasteiger partial charge in [0.05, 0.1) is 31.9 Å². The maximum Gasteiger partial charge on any atom is 0.338 e. The summed E-state index contributed by atoms with van der Waals surface area (Å²) >= 11 is 0. The van der Waals surface area contributed by atoms with Crippen LogP contribution in [0.5, 0.6) is 5.75 Å². The van der Waals surface area contributed by atoms with E-state index in [1.165, 1.54) is 13.5 Å². The Kier molecular flexibility index (Phi) is 6.34. The molecule has 0 spiro atoms. The molecular weight excluding hydrogens is 348 g/mol. The quantitative estimate of drug-likeness (QED) is 0.756. The number of aliphatic hydroxyl groups is 1. The van der Waals surface area contributed by atoms with E-state index >= 15 is 0 Å². The Bertz CT molecular complexity index is 689. The molecule has 0 radical (unpaired) electrons. The van der Waals surface area contributed by atoms with Crippen LogP contribution in [0.4, 0.5) is 0 Å². The molecule has 1 amide bonds. The first-order valence-corrected chi connectivity index (χ1v) is 9.48. The van der Waals surface area contributed by atoms with Gasteiger partial charge in [0.15, 0.2) is 0 Å². The molecule has 7 heteroatoms. The van der Waals surface area contributed by atoms with Gasteiger partial charge in [-0.3, -0.25) is 9.69 Å². The molecule has 1 aliphatic carbocycles. The number of ether oxygens (including phenoxy) is 2. The van der Waals surface area contributed by atoms with Gasteiger partial charge >= 0.3 is 5.97 Å². The third-order valence-corrected chi connectivity index (χ3v) is 5.56. The molecule has 1 aliphatic heterocycles. The minimum absolute atomic E-state index is 0.00176. The van der Waals surface area contributed by atoms with Gasteiger partial charge in [-0.15, -0.1) is 0 Å². The zero-order chi connectivity index (χ0) is 19.4. The lowest BCUT2D eigenvalue weighted by Gasteiger charge is -2.38. The molecule has 1 heterocycles. The highest BCUT2D eigenvalue weighted by molar-refractivity contribution is 5.98. The van der Waals surface area contributed by atoms with Crippen LogP contribution >= 0.6 is 0 Å². The Morgan fingerprint density at radius 3 is 2.56 bits per heavy atom. The number of rotatable bonds is 6. The molecule has 1 saturated heterocycles. The molecule has 1 atom stereocenters. The average molecular weight is 376 g/mol. The Hall–Kier alpha value is -2.12. The molecule has 1 saturated carbocycles. The molecule has 1 unspecified atom stereocenters. The van der Waals surface area contributed by atoms with E-state index in [0.717, 1.165) is 12.8 Å². The number of carbonyl (C=O) groups excluding carboxylic acids is 2. The minimum Gasteiger partial charge on any atom is -0.493 e. The van der Waals surface area contributed by atoms with Crippen LogP contribution in [0.3, 0.4) is 0 Å². The first kappa shape index (κ1) is 19.6. The zero-order valence-corrected chi connectivity index (χ0v) is 16.0. The maximum absolute atomic E-state index is 13.0. The van der Waals surface area contributed by atoms with Crippen molar-refractivity contribution in [3.8, 4) is 5.75 Å². The predicted molar refractivity (Wildman–Crippen MR) is 100 cm³/mol. The van der Waals surface area contributed by atoms with Crippen molar-refractivity contribution in [3.05, 3.63) is 29.3 Å². The first-order chi connectivity index (χ1) is 13.0. The third-order valence-electron chi connectivity index (χ3n) is 5.56. The summed E-state index contributed by atoms with van der Waals surface area (Å²) in [6, 6.07) is 4.79. The molecule has 0 aromatic heterocycles. The molecule has 2 aliphatic rings. The topological polar surface area (TPSA) is 79.3 Å². The second-order valence-corrected chi connectivity index (χ2v) is 7.41. The zero-order valence-electron chi connectivity index (χ0n) is 16.0. The van der Waals surface area contributed by atoms with Crippen LogP contribution in [0, 0.1) is 5.92 Å². The summed E-state index contributed by atoms with van der Waals surface area (Å²) in [5, 5.41) is 9.51. The lowest BCUT2D eigenvalue weighted by Crippen LogP contribution is -2.54. The minimum atomic E-state index is -0.496. The van der Waals surface area contributed by atoms with Crippen LogP contribution in [0.1, 0.15) is 40.0 Å². The van der Waals surface area contributed by atoms with Gasteiger partial charge < -0.3 is 19.5 Å². The fraction of sp³-hybridized carbons (Fsp3) is 0.600. The number of carbonyl (C=O) groups is 2. The van der Waals surface area contributed by atoms with Crippen molar-refractivity contribution < 1.29 is 24.2 Å². The van der Waals surface area contributed by atoms with E-state index in [9.17, 15) is 14.7 Å². The summed E-state index contributed by atoms with van der Waals surface area (Å²) in [5.74, 6) is 0.403. The third kappa shape index (κ3) is 4.59. The van der Waals surface area contributed by atoms with Crippen LogP contribution in [-0.4, -0.2) is 79.8 Å². The number of hydrogen-bond donors (Lipinski definition) is 1. The first-order valence-electron chi connectivity index (χ1n) is 9.48. The second-order valence-electron chi connectivity index (χ2n) is 7.41. The number of likely N-dealkylation sites (N-methyl/N-ethyl adjacent to an activating group) is 1. The van der Waals surface area contributed by atoms with Gasteiger partial charge in [-0.2, -0.15) is 0 Å². The van der Waals surface area contributed by atoms with Gasteiger partial charge in [0.2, 0.25) is 0 Å². The van der Waals surface area contributed by atoms with E-state index in [1.807, 2.05) is 11.9 Å². The molecule has 0 bridgehead atoms. The predicted octanol–water partition coefficient (Wildman–Crippen LogP) is 1.40. The number of benzene rings is 1. The van der Waals surface area contributed by atoms with Gasteiger partial charge in [-0.05, 0) is 44.0 Å². The Labute approximate surface area is 159 Å². The summed E-state index contributed by atoms with van der Waals surface area (Å²) < 4.78 is 10.7. The largest absolute Gasteiger partial charge is 0.493 e. The van der Waals surface area contributed by atoms with Gasteiger partial charge in [-0.1, -0.05) is 6.42 Å². The van der Waals surface area contributed by atoms with Gasteiger partial charge in [0, 0.05) is 25.2 Å². The molecule has 2 fully saturated rings. The summed E-state index contributed by atoms with van der Waals surface area (Å²) in [4.78, 5) is 28.8. The van der Waals surface area contributed by atoms with E-state index in [4.69, 9.17) is 9.47 Å². The highest BCUT2D eigenvalue weighted by Crippen LogP contribution is 2.28. The standard InChI is InChI=1S/C20H28N2O5/c1-21-6-7-22(11-17(21)12-23)19(24)15-8-16(20(25)26-2)10-18(9-15)27-13-14-4-3-5-14/h8-10,14,17,23H,3-7,11-13H2,1-2H3. The van der Waals surface area contributed by atoms with Crippen LogP contribution < -0.4 is 4.74 Å². The lowest BCUT2D eigenvalue weighted by atomic mass is 9.86. The molecule has 1 N–H and O–H groups in total. The van der Waals surface area contributed by atoms with Crippen LogP contribution in [0.25, 0.3) is 0 Å². The Balaban J connectivity index is 1.79.